The smallest absolute Gasteiger partial charge is 0.170 e. The highest BCUT2D eigenvalue weighted by atomic mass is 16.6. The van der Waals surface area contributed by atoms with E-state index in [0.29, 0.717) is 19.0 Å². The van der Waals surface area contributed by atoms with Crippen molar-refractivity contribution in [2.45, 2.75) is 6.92 Å². The molecule has 0 unspecified atom stereocenters. The van der Waals surface area contributed by atoms with Crippen LogP contribution in [0.5, 0.6) is 11.5 Å². The Morgan fingerprint density at radius 3 is 2.88 bits per heavy atom. The van der Waals surface area contributed by atoms with Crippen LogP contribution < -0.4 is 15.2 Å². The SMILES string of the molecule is Cc1ccc2c(c1-c1cc(N)n[nH]1)OCCO2. The molecule has 0 spiro atoms. The zero-order chi connectivity index (χ0) is 11.8. The minimum absolute atomic E-state index is 0.466. The van der Waals surface area contributed by atoms with Gasteiger partial charge in [-0.15, -0.1) is 0 Å². The molecule has 2 aromatic rings. The van der Waals surface area contributed by atoms with Crippen molar-refractivity contribution in [1.29, 1.82) is 0 Å². The highest BCUT2D eigenvalue weighted by Crippen LogP contribution is 2.41. The van der Waals surface area contributed by atoms with Crippen LogP contribution in [-0.4, -0.2) is 23.4 Å². The van der Waals surface area contributed by atoms with Crippen molar-refractivity contribution in [3.05, 3.63) is 23.8 Å². The van der Waals surface area contributed by atoms with Gasteiger partial charge in [0, 0.05) is 11.6 Å². The summed E-state index contributed by atoms with van der Waals surface area (Å²) in [7, 11) is 0. The second-order valence-corrected chi connectivity index (χ2v) is 3.99. The molecular weight excluding hydrogens is 218 g/mol. The summed E-state index contributed by atoms with van der Waals surface area (Å²) in [6.07, 6.45) is 0. The molecule has 0 radical (unpaired) electrons. The van der Waals surface area contributed by atoms with Crippen molar-refractivity contribution in [3.8, 4) is 22.8 Å². The molecule has 5 nitrogen and oxygen atoms in total. The molecule has 3 N–H and O–H groups in total. The summed E-state index contributed by atoms with van der Waals surface area (Å²) in [5.74, 6) is 2.00. The Morgan fingerprint density at radius 2 is 2.12 bits per heavy atom. The third-order valence-electron chi connectivity index (χ3n) is 2.78. The molecule has 1 aromatic carbocycles. The van der Waals surface area contributed by atoms with E-state index in [1.165, 1.54) is 0 Å². The first-order chi connectivity index (χ1) is 8.25. The Balaban J connectivity index is 2.20. The molecule has 0 saturated heterocycles. The highest BCUT2D eigenvalue weighted by Gasteiger charge is 2.20. The van der Waals surface area contributed by atoms with Gasteiger partial charge in [0.1, 0.15) is 19.0 Å². The van der Waals surface area contributed by atoms with Crippen LogP contribution in [0.1, 0.15) is 5.56 Å². The summed E-state index contributed by atoms with van der Waals surface area (Å²) in [4.78, 5) is 0. The van der Waals surface area contributed by atoms with Crippen LogP contribution >= 0.6 is 0 Å². The third-order valence-corrected chi connectivity index (χ3v) is 2.78. The number of nitrogen functional groups attached to an aromatic ring is 1. The molecule has 1 aliphatic heterocycles. The number of aromatic nitrogens is 2. The summed E-state index contributed by atoms with van der Waals surface area (Å²) < 4.78 is 11.2. The number of fused-ring (bicyclic) bond motifs is 1. The largest absolute Gasteiger partial charge is 0.486 e. The molecule has 1 aliphatic rings. The predicted molar refractivity (Wildman–Crippen MR) is 64.2 cm³/mol. The first-order valence-corrected chi connectivity index (χ1v) is 5.46. The van der Waals surface area contributed by atoms with Gasteiger partial charge >= 0.3 is 0 Å². The van der Waals surface area contributed by atoms with Crippen molar-refractivity contribution < 1.29 is 9.47 Å². The lowest BCUT2D eigenvalue weighted by Gasteiger charge is -2.21. The van der Waals surface area contributed by atoms with Gasteiger partial charge < -0.3 is 15.2 Å². The maximum atomic E-state index is 5.69. The minimum Gasteiger partial charge on any atom is -0.486 e. The van der Waals surface area contributed by atoms with Crippen molar-refractivity contribution >= 4 is 5.82 Å². The van der Waals surface area contributed by atoms with Gasteiger partial charge in [0.2, 0.25) is 0 Å². The zero-order valence-corrected chi connectivity index (χ0v) is 9.49. The predicted octanol–water partition coefficient (Wildman–Crippen LogP) is 1.74. The number of H-pyrrole nitrogens is 1. The maximum Gasteiger partial charge on any atom is 0.170 e. The third kappa shape index (κ3) is 1.60. The van der Waals surface area contributed by atoms with E-state index in [0.717, 1.165) is 28.3 Å². The monoisotopic (exact) mass is 231 g/mol. The Labute approximate surface area is 98.5 Å². The number of aryl methyl sites for hydroxylation is 1. The van der Waals surface area contributed by atoms with Crippen LogP contribution in [0.25, 0.3) is 11.3 Å². The maximum absolute atomic E-state index is 5.69. The number of nitrogens with one attached hydrogen (secondary N) is 1. The quantitative estimate of drug-likeness (QED) is 0.784. The molecule has 5 heteroatoms. The lowest BCUT2D eigenvalue weighted by molar-refractivity contribution is 0.172. The fraction of sp³-hybridized carbons (Fsp3) is 0.250. The van der Waals surface area contributed by atoms with Gasteiger partial charge in [-0.25, -0.2) is 0 Å². The number of hydrogen-bond acceptors (Lipinski definition) is 4. The van der Waals surface area contributed by atoms with Crippen LogP contribution in [0, 0.1) is 6.92 Å². The van der Waals surface area contributed by atoms with E-state index in [1.54, 1.807) is 6.07 Å². The first-order valence-electron chi connectivity index (χ1n) is 5.46. The second-order valence-electron chi connectivity index (χ2n) is 3.99. The van der Waals surface area contributed by atoms with Crippen LogP contribution in [0.15, 0.2) is 18.2 Å². The summed E-state index contributed by atoms with van der Waals surface area (Å²) in [5, 5.41) is 6.84. The normalized spacial score (nSPS) is 13.7. The van der Waals surface area contributed by atoms with Gasteiger partial charge in [-0.05, 0) is 18.6 Å². The van der Waals surface area contributed by atoms with Crippen molar-refractivity contribution in [2.24, 2.45) is 0 Å². The standard InChI is InChI=1S/C12H13N3O2/c1-7-2-3-9-12(17-5-4-16-9)11(7)8-6-10(13)15-14-8/h2-3,6H,4-5H2,1H3,(H3,13,14,15). The van der Waals surface area contributed by atoms with Crippen molar-refractivity contribution in [3.63, 3.8) is 0 Å². The lowest BCUT2D eigenvalue weighted by atomic mass is 10.0. The lowest BCUT2D eigenvalue weighted by Crippen LogP contribution is -2.16. The number of anilines is 1. The van der Waals surface area contributed by atoms with E-state index >= 15 is 0 Å². The molecular formula is C12H13N3O2. The van der Waals surface area contributed by atoms with Gasteiger partial charge in [0.25, 0.3) is 0 Å². The first kappa shape index (κ1) is 10.0. The van der Waals surface area contributed by atoms with Gasteiger partial charge in [0.05, 0.1) is 5.69 Å². The molecule has 0 saturated carbocycles. The second kappa shape index (κ2) is 3.69. The number of aromatic amines is 1. The van der Waals surface area contributed by atoms with Crippen LogP contribution in [-0.2, 0) is 0 Å². The zero-order valence-electron chi connectivity index (χ0n) is 9.49. The molecule has 1 aromatic heterocycles. The summed E-state index contributed by atoms with van der Waals surface area (Å²) >= 11 is 0. The Kier molecular flexibility index (Phi) is 2.18. The van der Waals surface area contributed by atoms with E-state index in [-0.39, 0.29) is 0 Å². The fourth-order valence-corrected chi connectivity index (χ4v) is 2.01. The van der Waals surface area contributed by atoms with Gasteiger partial charge in [-0.2, -0.15) is 5.10 Å². The average molecular weight is 231 g/mol. The van der Waals surface area contributed by atoms with Crippen LogP contribution in [0.2, 0.25) is 0 Å². The number of nitrogens with two attached hydrogens (primary N) is 1. The van der Waals surface area contributed by atoms with E-state index in [1.807, 2.05) is 19.1 Å². The van der Waals surface area contributed by atoms with E-state index < -0.39 is 0 Å². The topological polar surface area (TPSA) is 73.2 Å². The summed E-state index contributed by atoms with van der Waals surface area (Å²) in [6.45, 7) is 3.16. The minimum atomic E-state index is 0.466. The number of benzene rings is 1. The van der Waals surface area contributed by atoms with E-state index in [4.69, 9.17) is 15.2 Å². The van der Waals surface area contributed by atoms with E-state index in [2.05, 4.69) is 10.2 Å². The molecule has 0 aliphatic carbocycles. The van der Waals surface area contributed by atoms with E-state index in [9.17, 15) is 0 Å². The van der Waals surface area contributed by atoms with Gasteiger partial charge in [-0.1, -0.05) is 6.07 Å². The Morgan fingerprint density at radius 1 is 1.29 bits per heavy atom. The molecule has 2 heterocycles. The molecule has 3 rings (SSSR count). The molecule has 0 bridgehead atoms. The average Bonchev–Trinajstić information content (AvgIpc) is 2.75. The molecule has 88 valence electrons. The van der Waals surface area contributed by atoms with Crippen molar-refractivity contribution in [1.82, 2.24) is 10.2 Å². The molecule has 17 heavy (non-hydrogen) atoms. The Bertz CT molecular complexity index is 563. The molecule has 0 amide bonds. The van der Waals surface area contributed by atoms with Gasteiger partial charge in [-0.3, -0.25) is 5.10 Å². The highest BCUT2D eigenvalue weighted by molar-refractivity contribution is 5.76. The number of nitrogens with zero attached hydrogens (tertiary/aromatic N) is 1. The van der Waals surface area contributed by atoms with Gasteiger partial charge in [0.15, 0.2) is 11.5 Å². The van der Waals surface area contributed by atoms with Crippen LogP contribution in [0.3, 0.4) is 0 Å². The Hall–Kier alpha value is -2.17. The summed E-state index contributed by atoms with van der Waals surface area (Å²) in [5.41, 5.74) is 8.54. The number of hydrogen-bond donors (Lipinski definition) is 2. The number of rotatable bonds is 1. The molecule has 0 fully saturated rings. The fourth-order valence-electron chi connectivity index (χ4n) is 2.01. The van der Waals surface area contributed by atoms with Crippen LogP contribution in [0.4, 0.5) is 5.82 Å². The summed E-state index contributed by atoms with van der Waals surface area (Å²) in [6, 6.07) is 5.72. The molecule has 0 atom stereocenters. The number of ether oxygens (including phenoxy) is 2. The van der Waals surface area contributed by atoms with Crippen molar-refractivity contribution in [2.75, 3.05) is 18.9 Å².